The van der Waals surface area contributed by atoms with Crippen molar-refractivity contribution in [2.45, 2.75) is 24.8 Å². The maximum absolute atomic E-state index is 12.2. The van der Waals surface area contributed by atoms with Gasteiger partial charge in [0.15, 0.2) is 0 Å². The molecule has 0 bridgehead atoms. The van der Waals surface area contributed by atoms with Crippen LogP contribution in [0, 0.1) is 6.92 Å². The molecule has 0 saturated heterocycles. The summed E-state index contributed by atoms with van der Waals surface area (Å²) in [6, 6.07) is 11.7. The van der Waals surface area contributed by atoms with E-state index in [2.05, 4.69) is 0 Å². The number of aryl methyl sites for hydroxylation is 1. The molecule has 0 saturated carbocycles. The van der Waals surface area contributed by atoms with Gasteiger partial charge in [-0.2, -0.15) is 8.42 Å². The van der Waals surface area contributed by atoms with Crippen LogP contribution in [-0.2, 0) is 24.4 Å². The lowest BCUT2D eigenvalue weighted by Crippen LogP contribution is -2.25. The van der Waals surface area contributed by atoms with Crippen LogP contribution < -0.4 is 9.92 Å². The van der Waals surface area contributed by atoms with Gasteiger partial charge in [-0.15, -0.1) is 0 Å². The van der Waals surface area contributed by atoms with Crippen LogP contribution in [0.3, 0.4) is 0 Å². The number of amides is 1. The van der Waals surface area contributed by atoms with Gasteiger partial charge in [-0.05, 0) is 31.2 Å². The van der Waals surface area contributed by atoms with Crippen molar-refractivity contribution < 1.29 is 26.9 Å². The highest BCUT2D eigenvalue weighted by Gasteiger charge is 2.22. The highest BCUT2D eigenvalue weighted by Crippen LogP contribution is 2.23. The lowest BCUT2D eigenvalue weighted by molar-refractivity contribution is -0.153. The maximum atomic E-state index is 12.2. The molecule has 1 unspecified atom stereocenters. The van der Waals surface area contributed by atoms with Crippen LogP contribution in [0.5, 0.6) is 5.75 Å². The summed E-state index contributed by atoms with van der Waals surface area (Å²) >= 11 is 0. The standard InChI is InChI=1S/C17H17NO6S/c1-11-3-9-15(10-4-11)25(21,22)24-14-7-5-13(6-8-14)16(17(18)20)23-12(2)19/h3-10,16H,1-2H3,(H2,18,20). The molecule has 0 aliphatic heterocycles. The van der Waals surface area contributed by atoms with Crippen molar-refractivity contribution in [3.63, 3.8) is 0 Å². The van der Waals surface area contributed by atoms with Gasteiger partial charge in [-0.25, -0.2) is 0 Å². The second kappa shape index (κ2) is 7.35. The average Bonchev–Trinajstić information content (AvgIpc) is 2.53. The van der Waals surface area contributed by atoms with Gasteiger partial charge in [0, 0.05) is 12.5 Å². The summed E-state index contributed by atoms with van der Waals surface area (Å²) in [5.74, 6) is -1.45. The third-order valence-electron chi connectivity index (χ3n) is 3.24. The number of primary amides is 1. The molecule has 0 heterocycles. The molecule has 2 rings (SSSR count). The van der Waals surface area contributed by atoms with E-state index in [1.807, 2.05) is 6.92 Å². The number of nitrogens with two attached hydrogens (primary N) is 1. The summed E-state index contributed by atoms with van der Waals surface area (Å²) in [6.07, 6.45) is -1.25. The number of rotatable bonds is 6. The number of hydrogen-bond acceptors (Lipinski definition) is 6. The SMILES string of the molecule is CC(=O)OC(C(N)=O)c1ccc(OS(=O)(=O)c2ccc(C)cc2)cc1. The number of hydrogen-bond donors (Lipinski definition) is 1. The van der Waals surface area contributed by atoms with Crippen molar-refractivity contribution in [3.05, 3.63) is 59.7 Å². The lowest BCUT2D eigenvalue weighted by atomic mass is 10.1. The number of esters is 1. The molecule has 7 nitrogen and oxygen atoms in total. The van der Waals surface area contributed by atoms with Crippen LogP contribution in [0.25, 0.3) is 0 Å². The predicted octanol–water partition coefficient (Wildman–Crippen LogP) is 1.85. The Hall–Kier alpha value is -2.87. The zero-order chi connectivity index (χ0) is 18.6. The highest BCUT2D eigenvalue weighted by molar-refractivity contribution is 7.87. The van der Waals surface area contributed by atoms with Crippen LogP contribution in [0.4, 0.5) is 0 Å². The molecule has 2 aromatic carbocycles. The van der Waals surface area contributed by atoms with Gasteiger partial charge in [0.05, 0.1) is 0 Å². The first-order valence-corrected chi connectivity index (χ1v) is 8.67. The molecule has 25 heavy (non-hydrogen) atoms. The maximum Gasteiger partial charge on any atom is 0.339 e. The zero-order valence-electron chi connectivity index (χ0n) is 13.6. The fourth-order valence-corrected chi connectivity index (χ4v) is 2.96. The molecule has 0 aliphatic carbocycles. The lowest BCUT2D eigenvalue weighted by Gasteiger charge is -2.14. The van der Waals surface area contributed by atoms with Crippen LogP contribution in [0.2, 0.25) is 0 Å². The van der Waals surface area contributed by atoms with E-state index >= 15 is 0 Å². The van der Waals surface area contributed by atoms with Crippen LogP contribution in [0.15, 0.2) is 53.4 Å². The van der Waals surface area contributed by atoms with Gasteiger partial charge < -0.3 is 14.7 Å². The first-order valence-electron chi connectivity index (χ1n) is 7.27. The summed E-state index contributed by atoms with van der Waals surface area (Å²) < 4.78 is 34.3. The van der Waals surface area contributed by atoms with Crippen molar-refractivity contribution in [3.8, 4) is 5.75 Å². The van der Waals surface area contributed by atoms with Crippen LogP contribution in [-0.4, -0.2) is 20.3 Å². The van der Waals surface area contributed by atoms with E-state index in [-0.39, 0.29) is 10.6 Å². The minimum absolute atomic E-state index is 0.0251. The number of ether oxygens (including phenoxy) is 1. The number of benzene rings is 2. The molecule has 0 aliphatic rings. The molecule has 0 radical (unpaired) electrons. The van der Waals surface area contributed by atoms with E-state index in [0.29, 0.717) is 5.56 Å². The zero-order valence-corrected chi connectivity index (χ0v) is 14.4. The monoisotopic (exact) mass is 363 g/mol. The quantitative estimate of drug-likeness (QED) is 0.619. The fourth-order valence-electron chi connectivity index (χ4n) is 2.03. The Morgan fingerprint density at radius 2 is 1.56 bits per heavy atom. The van der Waals surface area contributed by atoms with Gasteiger partial charge in [0.25, 0.3) is 5.91 Å². The highest BCUT2D eigenvalue weighted by atomic mass is 32.2. The second-order valence-electron chi connectivity index (χ2n) is 5.31. The summed E-state index contributed by atoms with van der Waals surface area (Å²) in [4.78, 5) is 22.4. The first-order chi connectivity index (χ1) is 11.7. The third kappa shape index (κ3) is 4.80. The first kappa shape index (κ1) is 18.5. The van der Waals surface area contributed by atoms with E-state index in [1.54, 1.807) is 12.1 Å². The second-order valence-corrected chi connectivity index (χ2v) is 6.86. The Bertz CT molecular complexity index is 872. The molecule has 2 aromatic rings. The van der Waals surface area contributed by atoms with Crippen LogP contribution in [0.1, 0.15) is 24.2 Å². The molecular weight excluding hydrogens is 346 g/mol. The fraction of sp³-hybridized carbons (Fsp3) is 0.176. The Labute approximate surface area is 145 Å². The molecule has 0 fully saturated rings. The normalized spacial score (nSPS) is 12.2. The minimum Gasteiger partial charge on any atom is -0.447 e. The van der Waals surface area contributed by atoms with Gasteiger partial charge in [0.2, 0.25) is 6.10 Å². The number of carbonyl (C=O) groups excluding carboxylic acids is 2. The predicted molar refractivity (Wildman–Crippen MR) is 89.1 cm³/mol. The van der Waals surface area contributed by atoms with E-state index in [9.17, 15) is 18.0 Å². The molecule has 1 amide bonds. The van der Waals surface area contributed by atoms with Crippen LogP contribution >= 0.6 is 0 Å². The molecular formula is C17H17NO6S. The molecule has 2 N–H and O–H groups in total. The largest absolute Gasteiger partial charge is 0.447 e. The Balaban J connectivity index is 2.20. The molecule has 8 heteroatoms. The molecule has 0 aromatic heterocycles. The number of carbonyl (C=O) groups is 2. The van der Waals surface area contributed by atoms with Crippen molar-refractivity contribution in [1.82, 2.24) is 0 Å². The molecule has 0 spiro atoms. The van der Waals surface area contributed by atoms with E-state index in [4.69, 9.17) is 14.7 Å². The summed E-state index contributed by atoms with van der Waals surface area (Å²) in [6.45, 7) is 3.00. The Kier molecular flexibility index (Phi) is 5.43. The van der Waals surface area contributed by atoms with Gasteiger partial charge >= 0.3 is 16.1 Å². The Morgan fingerprint density at radius 3 is 2.04 bits per heavy atom. The van der Waals surface area contributed by atoms with E-state index in [0.717, 1.165) is 12.5 Å². The van der Waals surface area contributed by atoms with Crippen molar-refractivity contribution in [2.75, 3.05) is 0 Å². The van der Waals surface area contributed by atoms with E-state index < -0.39 is 28.1 Å². The summed E-state index contributed by atoms with van der Waals surface area (Å²) in [5.41, 5.74) is 6.43. The third-order valence-corrected chi connectivity index (χ3v) is 4.50. The van der Waals surface area contributed by atoms with Crippen molar-refractivity contribution >= 4 is 22.0 Å². The summed E-state index contributed by atoms with van der Waals surface area (Å²) in [5, 5.41) is 0. The topological polar surface area (TPSA) is 113 Å². The van der Waals surface area contributed by atoms with Crippen molar-refractivity contribution in [1.29, 1.82) is 0 Å². The van der Waals surface area contributed by atoms with Gasteiger partial charge in [-0.1, -0.05) is 29.8 Å². The molecule has 1 atom stereocenters. The Morgan fingerprint density at radius 1 is 1.00 bits per heavy atom. The summed E-state index contributed by atoms with van der Waals surface area (Å²) in [7, 11) is -3.98. The smallest absolute Gasteiger partial charge is 0.339 e. The average molecular weight is 363 g/mol. The minimum atomic E-state index is -3.98. The molecule has 132 valence electrons. The van der Waals surface area contributed by atoms with Gasteiger partial charge in [0.1, 0.15) is 10.6 Å². The van der Waals surface area contributed by atoms with E-state index in [1.165, 1.54) is 36.4 Å². The van der Waals surface area contributed by atoms with Gasteiger partial charge in [-0.3, -0.25) is 9.59 Å². The van der Waals surface area contributed by atoms with Crippen molar-refractivity contribution in [2.24, 2.45) is 5.73 Å².